The van der Waals surface area contributed by atoms with Gasteiger partial charge in [-0.15, -0.1) is 0 Å². The van der Waals surface area contributed by atoms with E-state index in [1.807, 2.05) is 27.2 Å². The molecule has 0 heterocycles. The summed E-state index contributed by atoms with van der Waals surface area (Å²) in [5.74, 6) is -0.209. The molecule has 0 aliphatic rings. The van der Waals surface area contributed by atoms with Gasteiger partial charge in [-0.05, 0) is 83.5 Å². The average Bonchev–Trinajstić information content (AvgIpc) is 3.49. The number of phosphoric acid groups is 1. The average molecular weight is 1210 g/mol. The van der Waals surface area contributed by atoms with Gasteiger partial charge in [0, 0.05) is 6.42 Å². The first-order chi connectivity index (χ1) is 41.5. The van der Waals surface area contributed by atoms with Crippen molar-refractivity contribution >= 4 is 13.7 Å². The van der Waals surface area contributed by atoms with E-state index in [4.69, 9.17) is 9.05 Å². The fourth-order valence-electron chi connectivity index (χ4n) is 10.5. The zero-order valence-corrected chi connectivity index (χ0v) is 57.4. The summed E-state index contributed by atoms with van der Waals surface area (Å²) in [5.41, 5.74) is 0. The van der Waals surface area contributed by atoms with Gasteiger partial charge in [-0.25, -0.2) is 0 Å². The monoisotopic (exact) mass is 1210 g/mol. The summed E-state index contributed by atoms with van der Waals surface area (Å²) in [6.07, 6.45) is 95.4. The largest absolute Gasteiger partial charge is 0.756 e. The molecule has 1 amide bonds. The van der Waals surface area contributed by atoms with Crippen LogP contribution in [-0.4, -0.2) is 68.5 Å². The maximum atomic E-state index is 13.0. The number of aliphatic hydroxyl groups is 1. The van der Waals surface area contributed by atoms with E-state index in [1.54, 1.807) is 6.08 Å². The third kappa shape index (κ3) is 68.8. The highest BCUT2D eigenvalue weighted by molar-refractivity contribution is 7.45. The van der Waals surface area contributed by atoms with Crippen molar-refractivity contribution in [2.45, 2.75) is 341 Å². The molecule has 8 nitrogen and oxygen atoms in total. The van der Waals surface area contributed by atoms with Gasteiger partial charge in [0.2, 0.25) is 5.91 Å². The lowest BCUT2D eigenvalue weighted by Crippen LogP contribution is -2.45. The molecule has 85 heavy (non-hydrogen) atoms. The van der Waals surface area contributed by atoms with Crippen LogP contribution in [0.1, 0.15) is 328 Å². The fourth-order valence-corrected chi connectivity index (χ4v) is 11.2. The van der Waals surface area contributed by atoms with Crippen LogP contribution in [0.3, 0.4) is 0 Å². The Labute approximate surface area is 528 Å². The van der Waals surface area contributed by atoms with Gasteiger partial charge in [0.25, 0.3) is 7.82 Å². The number of carbonyl (C=O) groups excluding carboxylic acids is 1. The first kappa shape index (κ1) is 82.4. The quantitative estimate of drug-likeness (QED) is 0.0272. The van der Waals surface area contributed by atoms with Crippen molar-refractivity contribution in [3.8, 4) is 0 Å². The van der Waals surface area contributed by atoms with Gasteiger partial charge >= 0.3 is 0 Å². The lowest BCUT2D eigenvalue weighted by Gasteiger charge is -2.29. The maximum Gasteiger partial charge on any atom is 0.268 e. The number of rotatable bonds is 66. The number of amides is 1. The van der Waals surface area contributed by atoms with E-state index in [2.05, 4.69) is 104 Å². The zero-order chi connectivity index (χ0) is 61.9. The van der Waals surface area contributed by atoms with Crippen molar-refractivity contribution in [3.05, 3.63) is 97.2 Å². The van der Waals surface area contributed by atoms with Crippen molar-refractivity contribution in [2.75, 3.05) is 40.9 Å². The molecule has 2 N–H and O–H groups in total. The summed E-state index contributed by atoms with van der Waals surface area (Å²) in [5, 5.41) is 14.0. The maximum absolute atomic E-state index is 13.0. The Kier molecular flexibility index (Phi) is 63.9. The molecule has 494 valence electrons. The van der Waals surface area contributed by atoms with E-state index in [0.717, 1.165) is 77.0 Å². The fraction of sp³-hybridized carbons (Fsp3) is 0.776. The molecule has 0 aromatic heterocycles. The predicted molar refractivity (Wildman–Crippen MR) is 371 cm³/mol. The van der Waals surface area contributed by atoms with Gasteiger partial charge in [-0.1, -0.05) is 336 Å². The molecule has 0 aromatic carbocycles. The van der Waals surface area contributed by atoms with E-state index in [1.165, 1.54) is 231 Å². The zero-order valence-electron chi connectivity index (χ0n) is 56.5. The van der Waals surface area contributed by atoms with E-state index in [-0.39, 0.29) is 12.5 Å². The topological polar surface area (TPSA) is 108 Å². The third-order valence-corrected chi connectivity index (χ3v) is 17.0. The number of hydrogen-bond donors (Lipinski definition) is 2. The van der Waals surface area contributed by atoms with Crippen LogP contribution in [0.4, 0.5) is 0 Å². The Balaban J connectivity index is 4.11. The van der Waals surface area contributed by atoms with Crippen LogP contribution >= 0.6 is 7.82 Å². The van der Waals surface area contributed by atoms with Gasteiger partial charge in [0.05, 0.1) is 39.9 Å². The summed E-state index contributed by atoms with van der Waals surface area (Å²) < 4.78 is 23.5. The molecule has 0 spiro atoms. The number of aliphatic hydroxyl groups excluding tert-OH is 1. The van der Waals surface area contributed by atoms with Gasteiger partial charge in [-0.3, -0.25) is 9.36 Å². The van der Waals surface area contributed by atoms with E-state index in [0.29, 0.717) is 17.4 Å². The molecule has 9 heteroatoms. The molecule has 0 saturated carbocycles. The molecule has 3 unspecified atom stereocenters. The predicted octanol–water partition coefficient (Wildman–Crippen LogP) is 22.6. The Hall–Kier alpha value is -2.58. The summed E-state index contributed by atoms with van der Waals surface area (Å²) in [6.45, 7) is 4.55. The molecule has 0 bridgehead atoms. The Bertz CT molecular complexity index is 1710. The molecule has 0 saturated heterocycles. The van der Waals surface area contributed by atoms with E-state index < -0.39 is 26.6 Å². The van der Waals surface area contributed by atoms with Crippen molar-refractivity contribution in [1.82, 2.24) is 5.32 Å². The van der Waals surface area contributed by atoms with Crippen LogP contribution in [0.2, 0.25) is 0 Å². The molecule has 0 aliphatic carbocycles. The standard InChI is InChI=1S/C76H139N2O6P/c1-6-8-10-12-14-16-18-20-22-24-26-28-30-32-34-36-38-40-41-43-45-47-49-51-53-55-57-59-61-63-65-67-69-75(79)74(73-84-85(81,82)83-72-71-78(3,4)5)77-76(80)70-68-66-64-62-60-58-56-54-52-50-48-46-44-42-39-37-35-33-31-29-27-25-23-21-19-17-15-13-11-9-7-2/h9,11,15,17,21,23,27,29,33,35,39,42,59,61,67,69,74-75,79H,6-8,10,12-14,16,18-20,22,24-26,28,30-32,34,36-38,40-41,43-58,60,62-66,68,70-73H2,1-5H3,(H-,77,80,81,82)/b11-9-,17-15-,23-21-,29-27-,35-33-,42-39-,61-59+,69-67+. The second kappa shape index (κ2) is 65.9. The number of unbranched alkanes of at least 4 members (excludes halogenated alkanes) is 39. The normalized spacial score (nSPS) is 14.2. The van der Waals surface area contributed by atoms with Crippen LogP contribution < -0.4 is 10.2 Å². The minimum atomic E-state index is -4.62. The molecular formula is C76H139N2O6P. The molecule has 0 rings (SSSR count). The van der Waals surface area contributed by atoms with Crippen molar-refractivity contribution in [1.29, 1.82) is 0 Å². The summed E-state index contributed by atoms with van der Waals surface area (Å²) >= 11 is 0. The van der Waals surface area contributed by atoms with Crippen molar-refractivity contribution in [2.24, 2.45) is 0 Å². The van der Waals surface area contributed by atoms with Gasteiger partial charge < -0.3 is 28.8 Å². The Morgan fingerprint density at radius 3 is 1.09 bits per heavy atom. The van der Waals surface area contributed by atoms with Crippen LogP contribution in [-0.2, 0) is 18.4 Å². The summed E-state index contributed by atoms with van der Waals surface area (Å²) in [7, 11) is 1.24. The number of likely N-dealkylation sites (N-methyl/N-ethyl adjacent to an activating group) is 1. The highest BCUT2D eigenvalue weighted by Crippen LogP contribution is 2.38. The summed E-state index contributed by atoms with van der Waals surface area (Å²) in [4.78, 5) is 25.6. The number of carbonyl (C=O) groups is 1. The smallest absolute Gasteiger partial charge is 0.268 e. The Morgan fingerprint density at radius 2 is 0.729 bits per heavy atom. The van der Waals surface area contributed by atoms with Crippen molar-refractivity contribution < 1.29 is 32.9 Å². The number of nitrogens with zero attached hydrogens (tertiary/aromatic N) is 1. The highest BCUT2D eigenvalue weighted by atomic mass is 31.2. The number of nitrogens with one attached hydrogen (secondary N) is 1. The van der Waals surface area contributed by atoms with E-state index >= 15 is 0 Å². The Morgan fingerprint density at radius 1 is 0.424 bits per heavy atom. The molecule has 0 aromatic rings. The SMILES string of the molecule is CC/C=C\C/C=C\C/C=C\C/C=C\C/C=C\C/C=C\CCCCCCCCCCCCCCC(=O)NC(COP(=O)([O-])OCC[N+](C)(C)C)C(O)/C=C/CC/C=C/CCCCCCCCCCCCCCCCCCCCCCCCCCCC. The van der Waals surface area contributed by atoms with Crippen LogP contribution in [0.5, 0.6) is 0 Å². The lowest BCUT2D eigenvalue weighted by molar-refractivity contribution is -0.870. The first-order valence-corrected chi connectivity index (χ1v) is 37.6. The van der Waals surface area contributed by atoms with Gasteiger partial charge in [0.15, 0.2) is 0 Å². The second-order valence-electron chi connectivity index (χ2n) is 25.6. The van der Waals surface area contributed by atoms with Crippen LogP contribution in [0.15, 0.2) is 97.2 Å². The number of quaternary nitrogens is 1. The molecule has 0 aliphatic heterocycles. The molecule has 0 radical (unpaired) electrons. The molecule has 3 atom stereocenters. The van der Waals surface area contributed by atoms with Crippen molar-refractivity contribution in [3.63, 3.8) is 0 Å². The van der Waals surface area contributed by atoms with E-state index in [9.17, 15) is 19.4 Å². The number of hydrogen-bond acceptors (Lipinski definition) is 6. The van der Waals surface area contributed by atoms with Gasteiger partial charge in [0.1, 0.15) is 13.2 Å². The first-order valence-electron chi connectivity index (χ1n) is 36.1. The second-order valence-corrected chi connectivity index (χ2v) is 27.0. The number of phosphoric ester groups is 1. The third-order valence-electron chi connectivity index (χ3n) is 16.0. The van der Waals surface area contributed by atoms with Crippen LogP contribution in [0, 0.1) is 0 Å². The minimum absolute atomic E-state index is 0.0101. The van der Waals surface area contributed by atoms with Crippen LogP contribution in [0.25, 0.3) is 0 Å². The highest BCUT2D eigenvalue weighted by Gasteiger charge is 2.23. The summed E-state index contributed by atoms with van der Waals surface area (Å²) in [6, 6.07) is -0.912. The number of allylic oxidation sites excluding steroid dienone is 15. The minimum Gasteiger partial charge on any atom is -0.756 e. The van der Waals surface area contributed by atoms with Gasteiger partial charge in [-0.2, -0.15) is 0 Å². The molecule has 0 fully saturated rings. The lowest BCUT2D eigenvalue weighted by atomic mass is 10.0. The molecular weight excluding hydrogens is 1070 g/mol.